The number of fused-ring (bicyclic) bond motifs is 1. The highest BCUT2D eigenvalue weighted by Gasteiger charge is 2.21. The van der Waals surface area contributed by atoms with Gasteiger partial charge < -0.3 is 9.88 Å². The molecule has 1 aromatic carbocycles. The Bertz CT molecular complexity index is 526. The van der Waals surface area contributed by atoms with Crippen LogP contribution in [0.2, 0.25) is 5.02 Å². The number of halogens is 1. The maximum Gasteiger partial charge on any atom is 0.107 e. The topological polar surface area (TPSA) is 29.9 Å². The summed E-state index contributed by atoms with van der Waals surface area (Å²) in [5.74, 6) is 1.05. The molecule has 1 saturated heterocycles. The summed E-state index contributed by atoms with van der Waals surface area (Å²) in [6, 6.07) is 6.50. The molecule has 0 saturated carbocycles. The summed E-state index contributed by atoms with van der Waals surface area (Å²) in [7, 11) is 0. The number of aromatic nitrogens is 2. The Morgan fingerprint density at radius 1 is 1.50 bits per heavy atom. The molecule has 1 aliphatic rings. The number of imidazole rings is 1. The molecule has 1 aliphatic heterocycles. The highest BCUT2D eigenvalue weighted by Crippen LogP contribution is 2.28. The van der Waals surface area contributed by atoms with E-state index >= 15 is 0 Å². The Morgan fingerprint density at radius 2 is 2.38 bits per heavy atom. The van der Waals surface area contributed by atoms with Crippen molar-refractivity contribution in [1.29, 1.82) is 0 Å². The van der Waals surface area contributed by atoms with Crippen LogP contribution in [0.3, 0.4) is 0 Å². The number of benzene rings is 1. The molecule has 0 spiro atoms. The predicted octanol–water partition coefficient (Wildman–Crippen LogP) is 2.53. The first-order valence-electron chi connectivity index (χ1n) is 5.61. The third-order valence-electron chi connectivity index (χ3n) is 3.25. The van der Waals surface area contributed by atoms with Gasteiger partial charge in [0.1, 0.15) is 11.3 Å². The van der Waals surface area contributed by atoms with Gasteiger partial charge in [-0.05, 0) is 32.0 Å². The molecule has 0 aliphatic carbocycles. The smallest absolute Gasteiger partial charge is 0.107 e. The normalized spacial score (nSPS) is 20.8. The molecular formula is C12H14ClN3. The van der Waals surface area contributed by atoms with Crippen LogP contribution in [0.25, 0.3) is 11.0 Å². The average molecular weight is 236 g/mol. The van der Waals surface area contributed by atoms with Crippen LogP contribution in [0.4, 0.5) is 0 Å². The lowest BCUT2D eigenvalue weighted by atomic mass is 10.2. The first-order valence-corrected chi connectivity index (χ1v) is 5.99. The third kappa shape index (κ3) is 1.43. The van der Waals surface area contributed by atoms with Crippen molar-refractivity contribution in [3.63, 3.8) is 0 Å². The van der Waals surface area contributed by atoms with E-state index in [1.54, 1.807) is 0 Å². The van der Waals surface area contributed by atoms with Crippen LogP contribution in [-0.4, -0.2) is 22.6 Å². The zero-order chi connectivity index (χ0) is 11.1. The van der Waals surface area contributed by atoms with E-state index in [-0.39, 0.29) is 0 Å². The number of para-hydroxylation sites is 1. The van der Waals surface area contributed by atoms with Crippen molar-refractivity contribution in [3.8, 4) is 0 Å². The fourth-order valence-corrected chi connectivity index (χ4v) is 2.73. The molecule has 3 nitrogen and oxygen atoms in total. The van der Waals surface area contributed by atoms with E-state index in [1.165, 1.54) is 6.42 Å². The lowest BCUT2D eigenvalue weighted by molar-refractivity contribution is 0.548. The van der Waals surface area contributed by atoms with Gasteiger partial charge in [0.2, 0.25) is 0 Å². The van der Waals surface area contributed by atoms with E-state index in [0.717, 1.165) is 35.0 Å². The molecule has 2 heterocycles. The minimum Gasteiger partial charge on any atom is -0.324 e. The Kier molecular flexibility index (Phi) is 2.37. The van der Waals surface area contributed by atoms with E-state index in [0.29, 0.717) is 6.04 Å². The molecule has 84 valence electrons. The first-order chi connectivity index (χ1) is 7.77. The summed E-state index contributed by atoms with van der Waals surface area (Å²) in [6.45, 7) is 4.16. The monoisotopic (exact) mass is 235 g/mol. The van der Waals surface area contributed by atoms with Gasteiger partial charge in [-0.25, -0.2) is 4.98 Å². The first kappa shape index (κ1) is 10.1. The number of hydrogen-bond donors (Lipinski definition) is 1. The SMILES string of the molecule is Cc1nc2c(Cl)cccc2n1C1CCNC1. The Labute approximate surface area is 99.4 Å². The van der Waals surface area contributed by atoms with E-state index in [4.69, 9.17) is 11.6 Å². The molecule has 0 radical (unpaired) electrons. The maximum absolute atomic E-state index is 6.16. The second-order valence-corrected chi connectivity index (χ2v) is 4.69. The lowest BCUT2D eigenvalue weighted by Gasteiger charge is -2.13. The van der Waals surface area contributed by atoms with Crippen LogP contribution in [0, 0.1) is 6.92 Å². The van der Waals surface area contributed by atoms with Gasteiger partial charge >= 0.3 is 0 Å². The fourth-order valence-electron chi connectivity index (χ4n) is 2.52. The summed E-state index contributed by atoms with van der Waals surface area (Å²) >= 11 is 6.16. The Balaban J connectivity index is 2.22. The van der Waals surface area contributed by atoms with Crippen LogP contribution in [0.15, 0.2) is 18.2 Å². The van der Waals surface area contributed by atoms with E-state index in [2.05, 4.69) is 27.9 Å². The van der Waals surface area contributed by atoms with Crippen molar-refractivity contribution in [3.05, 3.63) is 29.0 Å². The summed E-state index contributed by atoms with van der Waals surface area (Å²) in [4.78, 5) is 4.56. The number of rotatable bonds is 1. The molecule has 4 heteroatoms. The zero-order valence-electron chi connectivity index (χ0n) is 9.20. The number of nitrogens with zero attached hydrogens (tertiary/aromatic N) is 2. The summed E-state index contributed by atoms with van der Waals surface area (Å²) in [5, 5.41) is 4.13. The highest BCUT2D eigenvalue weighted by atomic mass is 35.5. The zero-order valence-corrected chi connectivity index (χ0v) is 9.96. The molecule has 0 amide bonds. The Hall–Kier alpha value is -1.06. The highest BCUT2D eigenvalue weighted by molar-refractivity contribution is 6.34. The summed E-state index contributed by atoms with van der Waals surface area (Å²) < 4.78 is 2.31. The largest absolute Gasteiger partial charge is 0.324 e. The van der Waals surface area contributed by atoms with Crippen molar-refractivity contribution < 1.29 is 0 Å². The molecule has 2 aromatic rings. The van der Waals surface area contributed by atoms with E-state index < -0.39 is 0 Å². The molecule has 1 atom stereocenters. The minimum atomic E-state index is 0.517. The molecule has 1 aromatic heterocycles. The average Bonchev–Trinajstić information content (AvgIpc) is 2.85. The van der Waals surface area contributed by atoms with E-state index in [1.807, 2.05) is 12.1 Å². The number of hydrogen-bond acceptors (Lipinski definition) is 2. The number of nitrogens with one attached hydrogen (secondary N) is 1. The predicted molar refractivity (Wildman–Crippen MR) is 66.0 cm³/mol. The second kappa shape index (κ2) is 3.75. The Morgan fingerprint density at radius 3 is 3.12 bits per heavy atom. The fraction of sp³-hybridized carbons (Fsp3) is 0.417. The van der Waals surface area contributed by atoms with Crippen LogP contribution < -0.4 is 5.32 Å². The van der Waals surface area contributed by atoms with Gasteiger partial charge in [-0.2, -0.15) is 0 Å². The quantitative estimate of drug-likeness (QED) is 0.823. The van der Waals surface area contributed by atoms with Gasteiger partial charge in [-0.3, -0.25) is 0 Å². The van der Waals surface area contributed by atoms with Gasteiger partial charge in [0.25, 0.3) is 0 Å². The van der Waals surface area contributed by atoms with E-state index in [9.17, 15) is 0 Å². The molecule has 1 fully saturated rings. The standard InChI is InChI=1S/C12H14ClN3/c1-8-15-12-10(13)3-2-4-11(12)16(8)9-5-6-14-7-9/h2-4,9,14H,5-7H2,1H3. The molecule has 3 rings (SSSR count). The lowest BCUT2D eigenvalue weighted by Crippen LogP contribution is -2.14. The van der Waals surface area contributed by atoms with Crippen LogP contribution in [0.5, 0.6) is 0 Å². The van der Waals surface area contributed by atoms with Gasteiger partial charge in [0, 0.05) is 12.6 Å². The van der Waals surface area contributed by atoms with Crippen molar-refractivity contribution in [2.24, 2.45) is 0 Å². The van der Waals surface area contributed by atoms with Crippen molar-refractivity contribution >= 4 is 22.6 Å². The second-order valence-electron chi connectivity index (χ2n) is 4.28. The third-order valence-corrected chi connectivity index (χ3v) is 3.55. The van der Waals surface area contributed by atoms with Gasteiger partial charge in [-0.1, -0.05) is 17.7 Å². The van der Waals surface area contributed by atoms with Crippen LogP contribution >= 0.6 is 11.6 Å². The molecule has 16 heavy (non-hydrogen) atoms. The van der Waals surface area contributed by atoms with Gasteiger partial charge in [0.15, 0.2) is 0 Å². The van der Waals surface area contributed by atoms with Crippen molar-refractivity contribution in [1.82, 2.24) is 14.9 Å². The van der Waals surface area contributed by atoms with Gasteiger partial charge in [-0.15, -0.1) is 0 Å². The van der Waals surface area contributed by atoms with Crippen LogP contribution in [-0.2, 0) is 0 Å². The summed E-state index contributed by atoms with van der Waals surface area (Å²) in [6.07, 6.45) is 1.17. The number of aryl methyl sites for hydroxylation is 1. The minimum absolute atomic E-state index is 0.517. The maximum atomic E-state index is 6.16. The van der Waals surface area contributed by atoms with Crippen molar-refractivity contribution in [2.75, 3.05) is 13.1 Å². The van der Waals surface area contributed by atoms with Crippen molar-refractivity contribution in [2.45, 2.75) is 19.4 Å². The van der Waals surface area contributed by atoms with Gasteiger partial charge in [0.05, 0.1) is 10.5 Å². The van der Waals surface area contributed by atoms with Crippen LogP contribution in [0.1, 0.15) is 18.3 Å². The molecule has 1 N–H and O–H groups in total. The molecular weight excluding hydrogens is 222 g/mol. The molecule has 1 unspecified atom stereocenters. The molecule has 0 bridgehead atoms. The summed E-state index contributed by atoms with van der Waals surface area (Å²) in [5.41, 5.74) is 2.08.